The lowest BCUT2D eigenvalue weighted by Gasteiger charge is -2.13. The van der Waals surface area contributed by atoms with Gasteiger partial charge in [0.25, 0.3) is 10.0 Å². The Labute approximate surface area is 145 Å². The summed E-state index contributed by atoms with van der Waals surface area (Å²) in [6.07, 6.45) is 0. The van der Waals surface area contributed by atoms with E-state index in [0.29, 0.717) is 16.5 Å². The Morgan fingerprint density at radius 1 is 0.680 bits per heavy atom. The van der Waals surface area contributed by atoms with Crippen LogP contribution in [0.5, 0.6) is 5.75 Å². The lowest BCUT2D eigenvalue weighted by Crippen LogP contribution is -2.13. The predicted molar refractivity (Wildman–Crippen MR) is 100 cm³/mol. The molecule has 0 saturated carbocycles. The van der Waals surface area contributed by atoms with Crippen LogP contribution in [0.2, 0.25) is 0 Å². The van der Waals surface area contributed by atoms with E-state index in [0.717, 1.165) is 10.8 Å². The molecule has 5 heteroatoms. The van der Waals surface area contributed by atoms with Crippen molar-refractivity contribution in [3.8, 4) is 5.75 Å². The summed E-state index contributed by atoms with van der Waals surface area (Å²) >= 11 is 0. The van der Waals surface area contributed by atoms with Gasteiger partial charge >= 0.3 is 0 Å². The maximum atomic E-state index is 13.0. The van der Waals surface area contributed by atoms with E-state index >= 15 is 0 Å². The van der Waals surface area contributed by atoms with E-state index in [1.54, 1.807) is 30.3 Å². The summed E-state index contributed by atoms with van der Waals surface area (Å²) in [5.41, 5.74) is 0.523. The molecular weight excluding hydrogens is 334 g/mol. The molecule has 25 heavy (non-hydrogen) atoms. The first-order valence-corrected chi connectivity index (χ1v) is 9.26. The summed E-state index contributed by atoms with van der Waals surface area (Å²) in [5.74, 6) is 0.0553. The van der Waals surface area contributed by atoms with E-state index in [2.05, 4.69) is 4.72 Å². The van der Waals surface area contributed by atoms with E-state index in [1.807, 2.05) is 36.4 Å². The van der Waals surface area contributed by atoms with Crippen molar-refractivity contribution < 1.29 is 13.5 Å². The van der Waals surface area contributed by atoms with Gasteiger partial charge in [-0.3, -0.25) is 4.72 Å². The van der Waals surface area contributed by atoms with Crippen LogP contribution in [0.15, 0.2) is 83.8 Å². The number of aromatic hydroxyl groups is 1. The number of benzene rings is 4. The number of rotatable bonds is 3. The predicted octanol–water partition coefficient (Wildman–Crippen LogP) is 4.50. The van der Waals surface area contributed by atoms with Gasteiger partial charge in [0.05, 0.1) is 10.6 Å². The highest BCUT2D eigenvalue weighted by Gasteiger charge is 2.19. The fraction of sp³-hybridized carbons (Fsp3) is 0. The van der Waals surface area contributed by atoms with Crippen LogP contribution in [0.1, 0.15) is 0 Å². The minimum atomic E-state index is -3.81. The molecule has 0 aliphatic heterocycles. The molecule has 2 N–H and O–H groups in total. The molecule has 0 unspecified atom stereocenters. The first-order chi connectivity index (χ1) is 12.1. The summed E-state index contributed by atoms with van der Waals surface area (Å²) < 4.78 is 28.6. The zero-order valence-corrected chi connectivity index (χ0v) is 14.0. The minimum Gasteiger partial charge on any atom is -0.507 e. The molecule has 0 fully saturated rings. The first kappa shape index (κ1) is 15.5. The fourth-order valence-corrected chi connectivity index (χ4v) is 4.30. The quantitative estimate of drug-likeness (QED) is 0.572. The highest BCUT2D eigenvalue weighted by molar-refractivity contribution is 7.93. The number of hydrogen-bond donors (Lipinski definition) is 2. The molecule has 0 aromatic heterocycles. The molecule has 4 rings (SSSR count). The Balaban J connectivity index is 1.87. The van der Waals surface area contributed by atoms with E-state index < -0.39 is 10.0 Å². The summed E-state index contributed by atoms with van der Waals surface area (Å²) in [7, 11) is -3.81. The summed E-state index contributed by atoms with van der Waals surface area (Å²) in [6.45, 7) is 0. The van der Waals surface area contributed by atoms with Gasteiger partial charge in [0.15, 0.2) is 0 Å². The van der Waals surface area contributed by atoms with Crippen molar-refractivity contribution in [2.24, 2.45) is 0 Å². The molecule has 0 atom stereocenters. The standard InChI is InChI=1S/C20H15NO3S/c22-19-12-13-20(17-10-4-3-9-16(17)19)25(23,24)21-18-11-5-7-14-6-1-2-8-15(14)18/h1-13,21-22H. The zero-order valence-electron chi connectivity index (χ0n) is 13.2. The Morgan fingerprint density at radius 2 is 1.32 bits per heavy atom. The molecule has 0 bridgehead atoms. The van der Waals surface area contributed by atoms with Crippen LogP contribution in [0.25, 0.3) is 21.5 Å². The van der Waals surface area contributed by atoms with Crippen LogP contribution in [0.4, 0.5) is 5.69 Å². The van der Waals surface area contributed by atoms with Crippen molar-refractivity contribution in [2.75, 3.05) is 4.72 Å². The van der Waals surface area contributed by atoms with Crippen LogP contribution in [-0.2, 0) is 10.0 Å². The van der Waals surface area contributed by atoms with Crippen LogP contribution < -0.4 is 4.72 Å². The monoisotopic (exact) mass is 349 g/mol. The summed E-state index contributed by atoms with van der Waals surface area (Å²) in [5, 5.41) is 12.7. The second-order valence-electron chi connectivity index (χ2n) is 5.76. The molecule has 0 saturated heterocycles. The number of phenolic OH excluding ortho intramolecular Hbond substituents is 1. The van der Waals surface area contributed by atoms with Gasteiger partial charge in [-0.2, -0.15) is 0 Å². The number of phenols is 1. The Hall–Kier alpha value is -3.05. The highest BCUT2D eigenvalue weighted by Crippen LogP contribution is 2.32. The van der Waals surface area contributed by atoms with Crippen molar-refractivity contribution in [1.82, 2.24) is 0 Å². The highest BCUT2D eigenvalue weighted by atomic mass is 32.2. The van der Waals surface area contributed by atoms with Gasteiger partial charge in [-0.15, -0.1) is 0 Å². The maximum Gasteiger partial charge on any atom is 0.262 e. The second kappa shape index (κ2) is 5.79. The maximum absolute atomic E-state index is 13.0. The van der Waals surface area contributed by atoms with Gasteiger partial charge in [0.1, 0.15) is 5.75 Å². The third-order valence-electron chi connectivity index (χ3n) is 4.18. The van der Waals surface area contributed by atoms with Crippen molar-refractivity contribution in [2.45, 2.75) is 4.90 Å². The van der Waals surface area contributed by atoms with Gasteiger partial charge in [-0.1, -0.05) is 60.7 Å². The van der Waals surface area contributed by atoms with Crippen molar-refractivity contribution in [3.05, 3.63) is 78.9 Å². The second-order valence-corrected chi connectivity index (χ2v) is 7.41. The normalized spacial score (nSPS) is 11.7. The van der Waals surface area contributed by atoms with Gasteiger partial charge in [-0.25, -0.2) is 8.42 Å². The van der Waals surface area contributed by atoms with E-state index in [4.69, 9.17) is 0 Å². The minimum absolute atomic E-state index is 0.0553. The molecule has 0 aliphatic carbocycles. The molecule has 0 spiro atoms. The third kappa shape index (κ3) is 2.68. The summed E-state index contributed by atoms with van der Waals surface area (Å²) in [6, 6.07) is 22.8. The smallest absolute Gasteiger partial charge is 0.262 e. The zero-order chi connectivity index (χ0) is 17.4. The van der Waals surface area contributed by atoms with Crippen molar-refractivity contribution >= 4 is 37.3 Å². The molecule has 0 aliphatic rings. The molecule has 0 amide bonds. The topological polar surface area (TPSA) is 66.4 Å². The molecule has 0 heterocycles. The summed E-state index contributed by atoms with van der Waals surface area (Å²) in [4.78, 5) is 0.133. The number of fused-ring (bicyclic) bond motifs is 2. The molecule has 124 valence electrons. The van der Waals surface area contributed by atoms with Crippen molar-refractivity contribution in [1.29, 1.82) is 0 Å². The molecular formula is C20H15NO3S. The average molecular weight is 349 g/mol. The van der Waals surface area contributed by atoms with Crippen LogP contribution in [0.3, 0.4) is 0 Å². The first-order valence-electron chi connectivity index (χ1n) is 7.77. The fourth-order valence-electron chi connectivity index (χ4n) is 3.00. The third-order valence-corrected chi connectivity index (χ3v) is 5.61. The SMILES string of the molecule is O=S(=O)(Nc1cccc2ccccc12)c1ccc(O)c2ccccc12. The number of hydrogen-bond acceptors (Lipinski definition) is 3. The van der Waals surface area contributed by atoms with E-state index in [9.17, 15) is 13.5 Å². The Kier molecular flexibility index (Phi) is 3.58. The van der Waals surface area contributed by atoms with Crippen LogP contribution in [0, 0.1) is 0 Å². The van der Waals surface area contributed by atoms with E-state index in [-0.39, 0.29) is 10.6 Å². The number of anilines is 1. The molecule has 4 nitrogen and oxygen atoms in total. The van der Waals surface area contributed by atoms with Gasteiger partial charge < -0.3 is 5.11 Å². The molecule has 4 aromatic carbocycles. The van der Waals surface area contributed by atoms with E-state index in [1.165, 1.54) is 12.1 Å². The van der Waals surface area contributed by atoms with Crippen LogP contribution in [-0.4, -0.2) is 13.5 Å². The van der Waals surface area contributed by atoms with Gasteiger partial charge in [0, 0.05) is 16.2 Å². The number of sulfonamides is 1. The average Bonchev–Trinajstić information content (AvgIpc) is 2.62. The molecule has 4 aromatic rings. The Morgan fingerprint density at radius 3 is 2.12 bits per heavy atom. The van der Waals surface area contributed by atoms with Gasteiger partial charge in [-0.05, 0) is 23.6 Å². The Bertz CT molecular complexity index is 1190. The van der Waals surface area contributed by atoms with Crippen LogP contribution >= 0.6 is 0 Å². The lowest BCUT2D eigenvalue weighted by atomic mass is 10.1. The number of nitrogens with one attached hydrogen (secondary N) is 1. The van der Waals surface area contributed by atoms with Gasteiger partial charge in [0.2, 0.25) is 0 Å². The van der Waals surface area contributed by atoms with Crippen molar-refractivity contribution in [3.63, 3.8) is 0 Å². The largest absolute Gasteiger partial charge is 0.507 e. The molecule has 0 radical (unpaired) electrons. The lowest BCUT2D eigenvalue weighted by molar-refractivity contribution is 0.481.